The minimum Gasteiger partial charge on any atom is -0.320 e. The van der Waals surface area contributed by atoms with Crippen LogP contribution >= 0.6 is 0 Å². The van der Waals surface area contributed by atoms with Crippen molar-refractivity contribution < 1.29 is 22.8 Å². The summed E-state index contributed by atoms with van der Waals surface area (Å²) in [6.45, 7) is 2.02. The number of carbonyl (C=O) groups is 2. The van der Waals surface area contributed by atoms with E-state index in [1.807, 2.05) is 6.92 Å². The largest absolute Gasteiger partial charge is 0.416 e. The Bertz CT molecular complexity index is 1090. The zero-order chi connectivity index (χ0) is 21.5. The summed E-state index contributed by atoms with van der Waals surface area (Å²) in [5, 5.41) is 6.83. The number of rotatable bonds is 3. The zero-order valence-electron chi connectivity index (χ0n) is 15.7. The highest BCUT2D eigenvalue weighted by Crippen LogP contribution is 2.32. The van der Waals surface area contributed by atoms with Gasteiger partial charge in [0.1, 0.15) is 5.69 Å². The van der Waals surface area contributed by atoms with Crippen molar-refractivity contribution in [3.05, 3.63) is 71.8 Å². The number of pyridine rings is 1. The number of hydrogen-bond acceptors (Lipinski definition) is 4. The minimum atomic E-state index is -4.46. The van der Waals surface area contributed by atoms with Gasteiger partial charge in [0.25, 0.3) is 11.8 Å². The van der Waals surface area contributed by atoms with E-state index in [0.717, 1.165) is 12.1 Å². The number of carbonyl (C=O) groups excluding carboxylic acids is 2. The molecule has 1 N–H and O–H groups in total. The summed E-state index contributed by atoms with van der Waals surface area (Å²) < 4.78 is 40.0. The third kappa shape index (κ3) is 3.51. The number of nitrogens with zero attached hydrogens (tertiary/aromatic N) is 4. The number of fused-ring (bicyclic) bond motifs is 1. The molecule has 0 unspecified atom stereocenters. The molecular weight excluding hydrogens is 399 g/mol. The van der Waals surface area contributed by atoms with Gasteiger partial charge < -0.3 is 10.2 Å². The van der Waals surface area contributed by atoms with Gasteiger partial charge in [-0.2, -0.15) is 18.3 Å². The number of amides is 2. The fourth-order valence-electron chi connectivity index (χ4n) is 3.32. The van der Waals surface area contributed by atoms with Crippen LogP contribution in [0.2, 0.25) is 0 Å². The van der Waals surface area contributed by atoms with E-state index in [0.29, 0.717) is 11.4 Å². The summed E-state index contributed by atoms with van der Waals surface area (Å²) in [6.07, 6.45) is -0.128. The molecular formula is C20H16F3N5O2. The van der Waals surface area contributed by atoms with E-state index in [1.54, 1.807) is 18.3 Å². The quantitative estimate of drug-likeness (QED) is 0.706. The van der Waals surface area contributed by atoms with Crippen LogP contribution in [0.3, 0.4) is 0 Å². The molecule has 154 valence electrons. The molecule has 2 aromatic heterocycles. The lowest BCUT2D eigenvalue weighted by Crippen LogP contribution is -2.43. The van der Waals surface area contributed by atoms with Crippen LogP contribution < -0.4 is 10.2 Å². The van der Waals surface area contributed by atoms with Gasteiger partial charge in [-0.05, 0) is 43.3 Å². The first-order chi connectivity index (χ1) is 14.3. The molecule has 0 saturated heterocycles. The monoisotopic (exact) mass is 415 g/mol. The second kappa shape index (κ2) is 7.29. The van der Waals surface area contributed by atoms with Gasteiger partial charge in [-0.25, -0.2) is 0 Å². The number of halogens is 3. The molecule has 0 saturated carbocycles. The maximum Gasteiger partial charge on any atom is 0.416 e. The van der Waals surface area contributed by atoms with Crippen molar-refractivity contribution in [1.29, 1.82) is 0 Å². The van der Waals surface area contributed by atoms with Crippen LogP contribution in [0.4, 0.5) is 24.5 Å². The van der Waals surface area contributed by atoms with Crippen LogP contribution in [0.5, 0.6) is 0 Å². The van der Waals surface area contributed by atoms with E-state index in [-0.39, 0.29) is 23.8 Å². The molecule has 3 aromatic rings. The second-order valence-electron chi connectivity index (χ2n) is 6.86. The highest BCUT2D eigenvalue weighted by atomic mass is 19.4. The maximum absolute atomic E-state index is 13.1. The van der Waals surface area contributed by atoms with Crippen LogP contribution in [0, 0.1) is 0 Å². The topological polar surface area (TPSA) is 80.1 Å². The van der Waals surface area contributed by atoms with E-state index in [4.69, 9.17) is 0 Å². The predicted octanol–water partition coefficient (Wildman–Crippen LogP) is 3.77. The smallest absolute Gasteiger partial charge is 0.320 e. The molecule has 0 bridgehead atoms. The highest BCUT2D eigenvalue weighted by molar-refractivity contribution is 6.15. The van der Waals surface area contributed by atoms with Gasteiger partial charge in [0.2, 0.25) is 0 Å². The predicted molar refractivity (Wildman–Crippen MR) is 102 cm³/mol. The van der Waals surface area contributed by atoms with Gasteiger partial charge in [0.05, 0.1) is 35.2 Å². The second-order valence-corrected chi connectivity index (χ2v) is 6.86. The van der Waals surface area contributed by atoms with Gasteiger partial charge in [-0.1, -0.05) is 0 Å². The molecule has 0 spiro atoms. The van der Waals surface area contributed by atoms with Gasteiger partial charge in [0.15, 0.2) is 0 Å². The molecule has 0 aliphatic carbocycles. The third-order valence-corrected chi connectivity index (χ3v) is 4.78. The summed E-state index contributed by atoms with van der Waals surface area (Å²) >= 11 is 0. The Kier molecular flexibility index (Phi) is 4.76. The molecule has 1 atom stereocenters. The molecule has 3 heterocycles. The Morgan fingerprint density at radius 2 is 1.90 bits per heavy atom. The molecule has 1 aliphatic heterocycles. The lowest BCUT2D eigenvalue weighted by Gasteiger charge is -2.32. The van der Waals surface area contributed by atoms with Gasteiger partial charge in [-0.15, -0.1) is 0 Å². The first kappa shape index (κ1) is 19.6. The van der Waals surface area contributed by atoms with Gasteiger partial charge >= 0.3 is 6.18 Å². The number of hydrogen-bond donors (Lipinski definition) is 1. The summed E-state index contributed by atoms with van der Waals surface area (Å²) in [4.78, 5) is 31.1. The van der Waals surface area contributed by atoms with Crippen LogP contribution in [-0.2, 0) is 6.18 Å². The average molecular weight is 415 g/mol. The molecule has 1 aliphatic rings. The van der Waals surface area contributed by atoms with E-state index in [1.165, 1.54) is 34.1 Å². The van der Waals surface area contributed by atoms with E-state index in [9.17, 15) is 22.8 Å². The summed E-state index contributed by atoms with van der Waals surface area (Å²) in [5.41, 5.74) is 0.122. The van der Waals surface area contributed by atoms with Crippen molar-refractivity contribution in [2.24, 2.45) is 0 Å². The van der Waals surface area contributed by atoms with Crippen molar-refractivity contribution in [2.45, 2.75) is 19.1 Å². The number of alkyl halides is 3. The molecule has 1 aromatic carbocycles. The first-order valence-electron chi connectivity index (χ1n) is 9.03. The van der Waals surface area contributed by atoms with Crippen molar-refractivity contribution in [3.8, 4) is 0 Å². The molecule has 10 heteroatoms. The number of nitrogens with one attached hydrogen (secondary N) is 1. The Morgan fingerprint density at radius 1 is 1.17 bits per heavy atom. The lowest BCUT2D eigenvalue weighted by atomic mass is 10.1. The molecule has 0 radical (unpaired) electrons. The van der Waals surface area contributed by atoms with Crippen LogP contribution in [0.25, 0.3) is 0 Å². The molecule has 2 amide bonds. The van der Waals surface area contributed by atoms with E-state index in [2.05, 4.69) is 15.4 Å². The van der Waals surface area contributed by atoms with Crippen molar-refractivity contribution in [3.63, 3.8) is 0 Å². The van der Waals surface area contributed by atoms with Gasteiger partial charge in [-0.3, -0.25) is 19.3 Å². The number of benzene rings is 1. The molecule has 4 rings (SSSR count). The van der Waals surface area contributed by atoms with Crippen molar-refractivity contribution in [1.82, 2.24) is 14.8 Å². The van der Waals surface area contributed by atoms with Gasteiger partial charge in [0, 0.05) is 18.4 Å². The van der Waals surface area contributed by atoms with E-state index >= 15 is 0 Å². The average Bonchev–Trinajstić information content (AvgIpc) is 3.17. The van der Waals surface area contributed by atoms with Crippen LogP contribution in [0.1, 0.15) is 39.4 Å². The fourth-order valence-corrected chi connectivity index (χ4v) is 3.32. The Hall–Kier alpha value is -3.69. The summed E-state index contributed by atoms with van der Waals surface area (Å²) in [6, 6.07) is 7.37. The van der Waals surface area contributed by atoms with E-state index < -0.39 is 23.6 Å². The van der Waals surface area contributed by atoms with Crippen molar-refractivity contribution >= 4 is 23.2 Å². The molecule has 0 fully saturated rings. The third-order valence-electron chi connectivity index (χ3n) is 4.78. The number of anilines is 2. The first-order valence-corrected chi connectivity index (χ1v) is 9.03. The maximum atomic E-state index is 13.1. The van der Waals surface area contributed by atoms with Crippen LogP contribution in [0.15, 0.2) is 55.0 Å². The lowest BCUT2D eigenvalue weighted by molar-refractivity contribution is -0.137. The highest BCUT2D eigenvalue weighted by Gasteiger charge is 2.36. The van der Waals surface area contributed by atoms with Crippen molar-refractivity contribution in [2.75, 3.05) is 16.8 Å². The SMILES string of the molecule is C[C@H]1CN(c2ccc(C(F)(F)F)cc2)C(=O)c2c(C(=O)Nc3cccnc3)cnn21. The minimum absolute atomic E-state index is 0.0762. The normalized spacial score (nSPS) is 16.3. The Labute approximate surface area is 169 Å². The number of aromatic nitrogens is 3. The Balaban J connectivity index is 1.65. The fraction of sp³-hybridized carbons (Fsp3) is 0.200. The zero-order valence-corrected chi connectivity index (χ0v) is 15.7. The summed E-state index contributed by atoms with van der Waals surface area (Å²) in [5.74, 6) is -1.04. The van der Waals surface area contributed by atoms with Crippen LogP contribution in [-0.4, -0.2) is 33.1 Å². The Morgan fingerprint density at radius 3 is 2.53 bits per heavy atom. The molecule has 30 heavy (non-hydrogen) atoms. The standard InChI is InChI=1S/C20H16F3N5O2/c1-12-11-27(15-6-4-13(5-7-15)20(21,22)23)19(30)17-16(10-25-28(12)17)18(29)26-14-3-2-8-24-9-14/h2-10,12H,11H2,1H3,(H,26,29)/t12-/m0/s1. The summed E-state index contributed by atoms with van der Waals surface area (Å²) in [7, 11) is 0. The molecule has 7 nitrogen and oxygen atoms in total.